The molecule has 0 unspecified atom stereocenters. The van der Waals surface area contributed by atoms with Crippen molar-refractivity contribution in [3.8, 4) is 0 Å². The highest BCUT2D eigenvalue weighted by Crippen LogP contribution is 2.28. The SMILES string of the molecule is CCOC(=O)c1csc([C@H](O)C[C@H](C(C)C)N(C)C(=O)[C@@H](NC(=O)[C@H]2CCCCN2C)C(C)C)n1. The van der Waals surface area contributed by atoms with E-state index in [1.807, 2.05) is 34.7 Å². The number of likely N-dealkylation sites (tertiary alicyclic amines) is 1. The molecule has 0 bridgehead atoms. The molecule has 2 amide bonds. The van der Waals surface area contributed by atoms with E-state index in [4.69, 9.17) is 4.74 Å². The summed E-state index contributed by atoms with van der Waals surface area (Å²) in [5.74, 6) is -0.844. The van der Waals surface area contributed by atoms with E-state index in [9.17, 15) is 19.5 Å². The van der Waals surface area contributed by atoms with Crippen LogP contribution in [0.4, 0.5) is 0 Å². The third-order valence-electron chi connectivity index (χ3n) is 6.67. The van der Waals surface area contributed by atoms with Crippen molar-refractivity contribution in [2.45, 2.75) is 84.5 Å². The van der Waals surface area contributed by atoms with E-state index in [-0.39, 0.29) is 54.5 Å². The normalized spacial score (nSPS) is 19.3. The van der Waals surface area contributed by atoms with Crippen molar-refractivity contribution >= 4 is 29.1 Å². The van der Waals surface area contributed by atoms with Gasteiger partial charge >= 0.3 is 5.97 Å². The monoisotopic (exact) mass is 510 g/mol. The Morgan fingerprint density at radius 3 is 2.51 bits per heavy atom. The number of esters is 1. The maximum atomic E-state index is 13.6. The number of thiazole rings is 1. The predicted molar refractivity (Wildman–Crippen MR) is 136 cm³/mol. The van der Waals surface area contributed by atoms with Crippen molar-refractivity contribution in [1.82, 2.24) is 20.1 Å². The topological polar surface area (TPSA) is 112 Å². The fourth-order valence-corrected chi connectivity index (χ4v) is 5.28. The van der Waals surface area contributed by atoms with Crippen molar-refractivity contribution in [3.63, 3.8) is 0 Å². The molecule has 1 aliphatic heterocycles. The second-order valence-electron chi connectivity index (χ2n) is 10.0. The average Bonchev–Trinajstić information content (AvgIpc) is 3.30. The van der Waals surface area contributed by atoms with Crippen molar-refractivity contribution in [2.24, 2.45) is 11.8 Å². The summed E-state index contributed by atoms with van der Waals surface area (Å²) in [6.07, 6.45) is 2.20. The number of nitrogens with one attached hydrogen (secondary N) is 1. The Bertz CT molecular complexity index is 859. The van der Waals surface area contributed by atoms with Crippen LogP contribution in [-0.2, 0) is 14.3 Å². The molecular formula is C25H42N4O5S. The lowest BCUT2D eigenvalue weighted by atomic mass is 9.94. The summed E-state index contributed by atoms with van der Waals surface area (Å²) in [5.41, 5.74) is 0.173. The van der Waals surface area contributed by atoms with Gasteiger partial charge in [0.25, 0.3) is 0 Å². The van der Waals surface area contributed by atoms with Crippen LogP contribution in [0.2, 0.25) is 0 Å². The molecule has 1 aromatic heterocycles. The van der Waals surface area contributed by atoms with Gasteiger partial charge in [-0.3, -0.25) is 14.5 Å². The highest BCUT2D eigenvalue weighted by Gasteiger charge is 2.35. The molecule has 198 valence electrons. The highest BCUT2D eigenvalue weighted by atomic mass is 32.1. The Balaban J connectivity index is 2.11. The van der Waals surface area contributed by atoms with Crippen molar-refractivity contribution in [3.05, 3.63) is 16.1 Å². The van der Waals surface area contributed by atoms with Gasteiger partial charge in [-0.2, -0.15) is 0 Å². The van der Waals surface area contributed by atoms with Crippen LogP contribution in [0.3, 0.4) is 0 Å². The number of carbonyl (C=O) groups excluding carboxylic acids is 3. The molecule has 9 nitrogen and oxygen atoms in total. The van der Waals surface area contributed by atoms with Crippen molar-refractivity contribution in [1.29, 1.82) is 0 Å². The first kappa shape index (κ1) is 29.2. The molecule has 0 radical (unpaired) electrons. The number of hydrogen-bond acceptors (Lipinski definition) is 8. The minimum Gasteiger partial charge on any atom is -0.461 e. The number of aromatic nitrogens is 1. The van der Waals surface area contributed by atoms with Crippen LogP contribution < -0.4 is 5.32 Å². The number of carbonyl (C=O) groups is 3. The summed E-state index contributed by atoms with van der Waals surface area (Å²) in [6, 6.07) is -1.16. The maximum Gasteiger partial charge on any atom is 0.357 e. The number of nitrogens with zero attached hydrogens (tertiary/aromatic N) is 3. The lowest BCUT2D eigenvalue weighted by Crippen LogP contribution is -2.57. The molecule has 2 N–H and O–H groups in total. The van der Waals surface area contributed by atoms with Gasteiger partial charge < -0.3 is 20.1 Å². The molecular weight excluding hydrogens is 468 g/mol. The molecule has 0 aromatic carbocycles. The molecule has 35 heavy (non-hydrogen) atoms. The van der Waals surface area contributed by atoms with Crippen LogP contribution in [0, 0.1) is 11.8 Å². The van der Waals surface area contributed by atoms with E-state index >= 15 is 0 Å². The van der Waals surface area contributed by atoms with Gasteiger partial charge in [0.2, 0.25) is 11.8 Å². The first-order valence-corrected chi connectivity index (χ1v) is 13.4. The van der Waals surface area contributed by atoms with E-state index in [2.05, 4.69) is 15.2 Å². The summed E-state index contributed by atoms with van der Waals surface area (Å²) >= 11 is 1.19. The molecule has 10 heteroatoms. The highest BCUT2D eigenvalue weighted by molar-refractivity contribution is 7.09. The number of hydrogen-bond donors (Lipinski definition) is 2. The molecule has 2 rings (SSSR count). The molecule has 0 spiro atoms. The fourth-order valence-electron chi connectivity index (χ4n) is 4.50. The zero-order valence-corrected chi connectivity index (χ0v) is 22.9. The average molecular weight is 511 g/mol. The number of rotatable bonds is 11. The Kier molecular flexibility index (Phi) is 11.1. The molecule has 1 fully saturated rings. The number of piperidine rings is 1. The lowest BCUT2D eigenvalue weighted by Gasteiger charge is -2.37. The van der Waals surface area contributed by atoms with Gasteiger partial charge in [-0.05, 0) is 45.2 Å². The Morgan fingerprint density at radius 1 is 1.26 bits per heavy atom. The molecule has 0 saturated carbocycles. The third-order valence-corrected chi connectivity index (χ3v) is 7.62. The number of aliphatic hydroxyl groups excluding tert-OH is 1. The van der Waals surface area contributed by atoms with E-state index in [0.717, 1.165) is 25.8 Å². The number of ether oxygens (including phenoxy) is 1. The quantitative estimate of drug-likeness (QED) is 0.440. The summed E-state index contributed by atoms with van der Waals surface area (Å²) in [7, 11) is 3.67. The Labute approximate surface area is 213 Å². The molecule has 1 aliphatic rings. The van der Waals surface area contributed by atoms with Crippen LogP contribution in [-0.4, -0.2) is 83.0 Å². The van der Waals surface area contributed by atoms with Crippen molar-refractivity contribution in [2.75, 3.05) is 27.2 Å². The molecule has 1 aromatic rings. The predicted octanol–water partition coefficient (Wildman–Crippen LogP) is 2.85. The molecule has 0 aliphatic carbocycles. The van der Waals surface area contributed by atoms with E-state index in [1.165, 1.54) is 11.3 Å². The summed E-state index contributed by atoms with van der Waals surface area (Å²) in [6.45, 7) is 10.7. The molecule has 2 heterocycles. The minimum absolute atomic E-state index is 0.0519. The zero-order chi connectivity index (χ0) is 26.3. The van der Waals surface area contributed by atoms with Gasteiger partial charge in [0.1, 0.15) is 17.2 Å². The second kappa shape index (κ2) is 13.3. The smallest absolute Gasteiger partial charge is 0.357 e. The zero-order valence-electron chi connectivity index (χ0n) is 22.1. The molecule has 4 atom stereocenters. The Morgan fingerprint density at radius 2 is 1.94 bits per heavy atom. The maximum absolute atomic E-state index is 13.6. The summed E-state index contributed by atoms with van der Waals surface area (Å²) < 4.78 is 4.97. The first-order chi connectivity index (χ1) is 16.5. The fraction of sp³-hybridized carbons (Fsp3) is 0.760. The summed E-state index contributed by atoms with van der Waals surface area (Å²) in [4.78, 5) is 46.4. The van der Waals surface area contributed by atoms with Crippen LogP contribution in [0.5, 0.6) is 0 Å². The van der Waals surface area contributed by atoms with Crippen LogP contribution in [0.15, 0.2) is 5.38 Å². The van der Waals surface area contributed by atoms with Gasteiger partial charge in [-0.25, -0.2) is 9.78 Å². The van der Waals surface area contributed by atoms with Gasteiger partial charge in [0.05, 0.1) is 12.6 Å². The van der Waals surface area contributed by atoms with Gasteiger partial charge in [0, 0.05) is 24.9 Å². The standard InChI is InChI=1S/C25H42N4O5S/c1-8-34-25(33)17-14-35-23(26-17)20(30)13-19(15(2)3)29(7)24(32)21(16(4)5)27-22(31)18-11-9-10-12-28(18)6/h14-16,18-21,30H,8-13H2,1-7H3,(H,27,31)/t18-,19-,20-,21+/m1/s1. The number of likely N-dealkylation sites (N-methyl/N-ethyl adjacent to an activating group) is 2. The van der Waals surface area contributed by atoms with Crippen LogP contribution >= 0.6 is 11.3 Å². The number of aliphatic hydroxyl groups is 1. The first-order valence-electron chi connectivity index (χ1n) is 12.6. The lowest BCUT2D eigenvalue weighted by molar-refractivity contribution is -0.141. The van der Waals surface area contributed by atoms with Gasteiger partial charge in [-0.15, -0.1) is 11.3 Å². The number of amides is 2. The van der Waals surface area contributed by atoms with Crippen LogP contribution in [0.25, 0.3) is 0 Å². The van der Waals surface area contributed by atoms with E-state index in [0.29, 0.717) is 5.01 Å². The van der Waals surface area contributed by atoms with Crippen LogP contribution in [0.1, 0.15) is 81.9 Å². The van der Waals surface area contributed by atoms with E-state index in [1.54, 1.807) is 24.3 Å². The van der Waals surface area contributed by atoms with Gasteiger partial charge in [-0.1, -0.05) is 34.1 Å². The van der Waals surface area contributed by atoms with E-state index < -0.39 is 18.1 Å². The second-order valence-corrected chi connectivity index (χ2v) is 10.9. The Hall–Kier alpha value is -2.04. The van der Waals surface area contributed by atoms with Gasteiger partial charge in [0.15, 0.2) is 5.69 Å². The van der Waals surface area contributed by atoms with Crippen molar-refractivity contribution < 1.29 is 24.2 Å². The third kappa shape index (κ3) is 7.72. The minimum atomic E-state index is -0.936. The summed E-state index contributed by atoms with van der Waals surface area (Å²) in [5, 5.41) is 15.9. The molecule has 1 saturated heterocycles. The largest absolute Gasteiger partial charge is 0.461 e.